The average molecular weight is 406 g/mol. The molecule has 0 aliphatic rings. The molecule has 2 aromatic heterocycles. The van der Waals surface area contributed by atoms with Crippen molar-refractivity contribution < 1.29 is 9.32 Å². The van der Waals surface area contributed by atoms with Crippen LogP contribution in [0.5, 0.6) is 0 Å². The normalized spacial score (nSPS) is 11.1. The molecular formula is C23H23N3O2S. The van der Waals surface area contributed by atoms with Crippen LogP contribution in [0.4, 0.5) is 0 Å². The zero-order valence-corrected chi connectivity index (χ0v) is 17.6. The molecule has 1 N–H and O–H groups in total. The number of hydrogen-bond acceptors (Lipinski definition) is 5. The minimum atomic E-state index is -0.0482. The van der Waals surface area contributed by atoms with Crippen LogP contribution in [0.15, 0.2) is 46.3 Å². The standard InChI is InChI=1S/C23H23N3O2S/c1-14-10-19-20(26-28-22(19)11-15(14)2)12-23(27)24-9-8-17-4-6-18(7-5-17)21-13-29-16(3)25-21/h4-7,10-11,13H,8-9,12H2,1-3H3,(H,24,27). The van der Waals surface area contributed by atoms with Crippen LogP contribution in [-0.4, -0.2) is 22.6 Å². The van der Waals surface area contributed by atoms with Crippen molar-refractivity contribution in [1.82, 2.24) is 15.5 Å². The molecule has 6 heteroatoms. The Hall–Kier alpha value is -2.99. The van der Waals surface area contributed by atoms with E-state index >= 15 is 0 Å². The number of carbonyl (C=O) groups is 1. The maximum Gasteiger partial charge on any atom is 0.226 e. The number of benzene rings is 2. The van der Waals surface area contributed by atoms with Gasteiger partial charge in [0.2, 0.25) is 5.91 Å². The number of amides is 1. The molecule has 4 aromatic rings. The van der Waals surface area contributed by atoms with Gasteiger partial charge >= 0.3 is 0 Å². The predicted molar refractivity (Wildman–Crippen MR) is 116 cm³/mol. The first kappa shape index (κ1) is 19.3. The topological polar surface area (TPSA) is 68.0 Å². The molecule has 0 saturated heterocycles. The summed E-state index contributed by atoms with van der Waals surface area (Å²) >= 11 is 1.65. The molecule has 0 atom stereocenters. The van der Waals surface area contributed by atoms with Crippen molar-refractivity contribution in [3.8, 4) is 11.3 Å². The Labute approximate surface area is 173 Å². The molecule has 148 valence electrons. The van der Waals surface area contributed by atoms with Crippen molar-refractivity contribution in [2.75, 3.05) is 6.54 Å². The second kappa shape index (κ2) is 8.17. The molecular weight excluding hydrogens is 382 g/mol. The number of nitrogens with one attached hydrogen (secondary N) is 1. The lowest BCUT2D eigenvalue weighted by atomic mass is 10.1. The monoisotopic (exact) mass is 405 g/mol. The minimum absolute atomic E-state index is 0.0482. The molecule has 0 aliphatic heterocycles. The van der Waals surface area contributed by atoms with Crippen molar-refractivity contribution in [2.45, 2.75) is 33.6 Å². The van der Waals surface area contributed by atoms with E-state index in [1.54, 1.807) is 11.3 Å². The molecule has 1 amide bonds. The van der Waals surface area contributed by atoms with Gasteiger partial charge in [-0.05, 0) is 56.0 Å². The van der Waals surface area contributed by atoms with Crippen molar-refractivity contribution in [2.24, 2.45) is 0 Å². The van der Waals surface area contributed by atoms with Crippen molar-refractivity contribution in [3.63, 3.8) is 0 Å². The first-order chi connectivity index (χ1) is 14.0. The van der Waals surface area contributed by atoms with Gasteiger partial charge in [0.1, 0.15) is 5.69 Å². The number of rotatable bonds is 6. The van der Waals surface area contributed by atoms with E-state index in [0.717, 1.165) is 39.2 Å². The molecule has 0 radical (unpaired) electrons. The van der Waals surface area contributed by atoms with Gasteiger partial charge < -0.3 is 9.84 Å². The van der Waals surface area contributed by atoms with Gasteiger partial charge in [0, 0.05) is 22.9 Å². The van der Waals surface area contributed by atoms with E-state index in [9.17, 15) is 4.79 Å². The summed E-state index contributed by atoms with van der Waals surface area (Å²) in [5.74, 6) is -0.0482. The molecule has 4 rings (SSSR count). The predicted octanol–water partition coefficient (Wildman–Crippen LogP) is 4.78. The summed E-state index contributed by atoms with van der Waals surface area (Å²) in [7, 11) is 0. The highest BCUT2D eigenvalue weighted by Gasteiger charge is 2.13. The molecule has 29 heavy (non-hydrogen) atoms. The Morgan fingerprint density at radius 2 is 1.86 bits per heavy atom. The number of carbonyl (C=O) groups excluding carboxylic acids is 1. The second-order valence-corrected chi connectivity index (χ2v) is 8.35. The number of hydrogen-bond donors (Lipinski definition) is 1. The number of thiazole rings is 1. The Kier molecular flexibility index (Phi) is 5.45. The molecule has 5 nitrogen and oxygen atoms in total. The molecule has 0 spiro atoms. The van der Waals surface area contributed by atoms with Crippen molar-refractivity contribution in [1.29, 1.82) is 0 Å². The fourth-order valence-corrected chi connectivity index (χ4v) is 3.89. The fourth-order valence-electron chi connectivity index (χ4n) is 3.27. The molecule has 0 fully saturated rings. The summed E-state index contributed by atoms with van der Waals surface area (Å²) in [6.07, 6.45) is 0.998. The fraction of sp³-hybridized carbons (Fsp3) is 0.261. The lowest BCUT2D eigenvalue weighted by molar-refractivity contribution is -0.120. The van der Waals surface area contributed by atoms with E-state index in [2.05, 4.69) is 45.1 Å². The second-order valence-electron chi connectivity index (χ2n) is 7.29. The van der Waals surface area contributed by atoms with E-state index in [0.29, 0.717) is 12.2 Å². The average Bonchev–Trinajstić information content (AvgIpc) is 3.29. The Morgan fingerprint density at radius 3 is 2.59 bits per heavy atom. The highest BCUT2D eigenvalue weighted by molar-refractivity contribution is 7.09. The van der Waals surface area contributed by atoms with Crippen LogP contribution in [-0.2, 0) is 17.6 Å². The van der Waals surface area contributed by atoms with Crippen LogP contribution < -0.4 is 5.32 Å². The molecule has 2 aromatic carbocycles. The lowest BCUT2D eigenvalue weighted by Crippen LogP contribution is -2.27. The van der Waals surface area contributed by atoms with Crippen LogP contribution in [0.1, 0.15) is 27.4 Å². The van der Waals surface area contributed by atoms with Gasteiger partial charge in [-0.15, -0.1) is 11.3 Å². The van der Waals surface area contributed by atoms with Crippen LogP contribution in [0.25, 0.3) is 22.2 Å². The highest BCUT2D eigenvalue weighted by Crippen LogP contribution is 2.23. The van der Waals surface area contributed by atoms with E-state index in [-0.39, 0.29) is 12.3 Å². The first-order valence-corrected chi connectivity index (χ1v) is 10.5. The van der Waals surface area contributed by atoms with Gasteiger partial charge in [0.05, 0.1) is 17.1 Å². The first-order valence-electron chi connectivity index (χ1n) is 9.63. The van der Waals surface area contributed by atoms with Crippen molar-refractivity contribution >= 4 is 28.2 Å². The third-order valence-corrected chi connectivity index (χ3v) is 5.87. The van der Waals surface area contributed by atoms with E-state index in [4.69, 9.17) is 4.52 Å². The van der Waals surface area contributed by atoms with Crippen molar-refractivity contribution in [3.05, 3.63) is 69.2 Å². The van der Waals surface area contributed by atoms with Gasteiger partial charge in [0.25, 0.3) is 0 Å². The molecule has 0 bridgehead atoms. The zero-order valence-electron chi connectivity index (χ0n) is 16.8. The Bertz CT molecular complexity index is 1160. The zero-order chi connectivity index (χ0) is 20.4. The number of aromatic nitrogens is 2. The molecule has 0 saturated carbocycles. The SMILES string of the molecule is Cc1nc(-c2ccc(CCNC(=O)Cc3noc4cc(C)c(C)cc34)cc2)cs1. The van der Waals surface area contributed by atoms with Gasteiger partial charge in [-0.1, -0.05) is 29.4 Å². The molecule has 2 heterocycles. The van der Waals surface area contributed by atoms with Crippen LogP contribution >= 0.6 is 11.3 Å². The minimum Gasteiger partial charge on any atom is -0.356 e. The third kappa shape index (κ3) is 4.38. The maximum atomic E-state index is 12.3. The summed E-state index contributed by atoms with van der Waals surface area (Å²) in [4.78, 5) is 16.8. The summed E-state index contributed by atoms with van der Waals surface area (Å²) in [6.45, 7) is 6.68. The van der Waals surface area contributed by atoms with E-state index < -0.39 is 0 Å². The number of fused-ring (bicyclic) bond motifs is 1. The summed E-state index contributed by atoms with van der Waals surface area (Å²) < 4.78 is 5.37. The van der Waals surface area contributed by atoms with Crippen LogP contribution in [0.3, 0.4) is 0 Å². The Balaban J connectivity index is 1.32. The molecule has 0 aliphatic carbocycles. The quantitative estimate of drug-likeness (QED) is 0.501. The van der Waals surface area contributed by atoms with Gasteiger partial charge in [-0.3, -0.25) is 4.79 Å². The van der Waals surface area contributed by atoms with E-state index in [1.165, 1.54) is 11.1 Å². The smallest absolute Gasteiger partial charge is 0.226 e. The van der Waals surface area contributed by atoms with Gasteiger partial charge in [-0.25, -0.2) is 4.98 Å². The van der Waals surface area contributed by atoms with E-state index in [1.807, 2.05) is 32.9 Å². The molecule has 0 unspecified atom stereocenters. The summed E-state index contributed by atoms with van der Waals surface area (Å²) in [5.41, 5.74) is 7.04. The third-order valence-electron chi connectivity index (χ3n) is 5.09. The summed E-state index contributed by atoms with van der Waals surface area (Å²) in [6, 6.07) is 12.3. The number of aryl methyl sites for hydroxylation is 3. The lowest BCUT2D eigenvalue weighted by Gasteiger charge is -2.06. The summed E-state index contributed by atoms with van der Waals surface area (Å²) in [5, 5.41) is 11.1. The van der Waals surface area contributed by atoms with Gasteiger partial charge in [0.15, 0.2) is 5.58 Å². The largest absolute Gasteiger partial charge is 0.356 e. The van der Waals surface area contributed by atoms with Crippen LogP contribution in [0, 0.1) is 20.8 Å². The van der Waals surface area contributed by atoms with Gasteiger partial charge in [-0.2, -0.15) is 0 Å². The Morgan fingerprint density at radius 1 is 1.10 bits per heavy atom. The highest BCUT2D eigenvalue weighted by atomic mass is 32.1. The van der Waals surface area contributed by atoms with Crippen LogP contribution in [0.2, 0.25) is 0 Å². The maximum absolute atomic E-state index is 12.3. The number of nitrogens with zero attached hydrogens (tertiary/aromatic N) is 2.